The van der Waals surface area contributed by atoms with Gasteiger partial charge in [-0.3, -0.25) is 0 Å². The van der Waals surface area contributed by atoms with Crippen LogP contribution in [-0.4, -0.2) is 30.3 Å². The summed E-state index contributed by atoms with van der Waals surface area (Å²) in [6.45, 7) is 5.43. The van der Waals surface area contributed by atoms with Crippen LogP contribution in [0.4, 0.5) is 18.0 Å². The van der Waals surface area contributed by atoms with Crippen LogP contribution in [0.2, 0.25) is 0 Å². The highest BCUT2D eigenvalue weighted by atomic mass is 19.4. The SMILES string of the molecule is COc1ncc(C#CCCNC(=O)OC(C)(C)C)cc1C(F)(F)F. The first-order valence-electron chi connectivity index (χ1n) is 7.10. The minimum Gasteiger partial charge on any atom is -0.481 e. The highest BCUT2D eigenvalue weighted by Crippen LogP contribution is 2.35. The number of methoxy groups -OCH3 is 1. The molecule has 0 aliphatic carbocycles. The molecule has 0 fully saturated rings. The fraction of sp³-hybridized carbons (Fsp3) is 0.500. The van der Waals surface area contributed by atoms with Crippen LogP contribution in [0.15, 0.2) is 12.3 Å². The van der Waals surface area contributed by atoms with Gasteiger partial charge in [0.1, 0.15) is 11.2 Å². The molecule has 0 atom stereocenters. The summed E-state index contributed by atoms with van der Waals surface area (Å²) >= 11 is 0. The molecule has 0 saturated carbocycles. The van der Waals surface area contributed by atoms with Crippen molar-refractivity contribution in [3.05, 3.63) is 23.4 Å². The molecule has 0 spiro atoms. The second-order valence-electron chi connectivity index (χ2n) is 5.76. The predicted molar refractivity (Wildman–Crippen MR) is 81.5 cm³/mol. The lowest BCUT2D eigenvalue weighted by molar-refractivity contribution is -0.139. The number of aromatic nitrogens is 1. The smallest absolute Gasteiger partial charge is 0.421 e. The van der Waals surface area contributed by atoms with Crippen molar-refractivity contribution in [2.24, 2.45) is 0 Å². The van der Waals surface area contributed by atoms with Crippen LogP contribution in [0, 0.1) is 11.8 Å². The van der Waals surface area contributed by atoms with Gasteiger partial charge in [-0.2, -0.15) is 13.2 Å². The van der Waals surface area contributed by atoms with Crippen molar-refractivity contribution in [2.45, 2.75) is 39.0 Å². The first kappa shape index (κ1) is 19.6. The Labute approximate surface area is 138 Å². The van der Waals surface area contributed by atoms with E-state index < -0.39 is 29.3 Å². The summed E-state index contributed by atoms with van der Waals surface area (Å²) < 4.78 is 48.2. The maximum Gasteiger partial charge on any atom is 0.421 e. The maximum absolute atomic E-state index is 12.9. The zero-order chi connectivity index (χ0) is 18.4. The molecule has 5 nitrogen and oxygen atoms in total. The Morgan fingerprint density at radius 2 is 2.00 bits per heavy atom. The Morgan fingerprint density at radius 1 is 1.33 bits per heavy atom. The van der Waals surface area contributed by atoms with Gasteiger partial charge in [0.2, 0.25) is 5.88 Å². The lowest BCUT2D eigenvalue weighted by atomic mass is 10.2. The molecule has 0 radical (unpaired) electrons. The van der Waals surface area contributed by atoms with Crippen LogP contribution < -0.4 is 10.1 Å². The van der Waals surface area contributed by atoms with E-state index in [-0.39, 0.29) is 18.5 Å². The summed E-state index contributed by atoms with van der Waals surface area (Å²) in [4.78, 5) is 15.0. The van der Waals surface area contributed by atoms with E-state index >= 15 is 0 Å². The molecule has 24 heavy (non-hydrogen) atoms. The monoisotopic (exact) mass is 344 g/mol. The van der Waals surface area contributed by atoms with Gasteiger partial charge in [-0.15, -0.1) is 0 Å². The molecule has 0 aromatic carbocycles. The topological polar surface area (TPSA) is 60.5 Å². The summed E-state index contributed by atoms with van der Waals surface area (Å²) in [5.74, 6) is 4.74. The number of alkyl carbamates (subject to hydrolysis) is 1. The van der Waals surface area contributed by atoms with Crippen LogP contribution in [0.5, 0.6) is 5.88 Å². The lowest BCUT2D eigenvalue weighted by Crippen LogP contribution is -2.32. The molecule has 132 valence electrons. The molecule has 8 heteroatoms. The predicted octanol–water partition coefficient (Wildman–Crippen LogP) is 3.38. The number of hydrogen-bond donors (Lipinski definition) is 1. The number of pyridine rings is 1. The Kier molecular flexibility index (Phi) is 6.46. The van der Waals surface area contributed by atoms with E-state index in [1.165, 1.54) is 6.20 Å². The second-order valence-corrected chi connectivity index (χ2v) is 5.76. The molecule has 0 aliphatic rings. The van der Waals surface area contributed by atoms with Crippen molar-refractivity contribution >= 4 is 6.09 Å². The summed E-state index contributed by atoms with van der Waals surface area (Å²) in [6, 6.07) is 0.875. The van der Waals surface area contributed by atoms with Gasteiger partial charge in [-0.25, -0.2) is 9.78 Å². The highest BCUT2D eigenvalue weighted by Gasteiger charge is 2.35. The number of rotatable bonds is 3. The first-order chi connectivity index (χ1) is 11.0. The number of carbonyl (C=O) groups is 1. The third-order valence-corrected chi connectivity index (χ3v) is 2.50. The van der Waals surface area contributed by atoms with Crippen LogP contribution in [-0.2, 0) is 10.9 Å². The summed E-state index contributed by atoms with van der Waals surface area (Å²) in [7, 11) is 1.12. The molecule has 0 aliphatic heterocycles. The molecule has 1 rings (SSSR count). The van der Waals surface area contributed by atoms with E-state index in [0.29, 0.717) is 0 Å². The third kappa shape index (κ3) is 6.77. The van der Waals surface area contributed by atoms with E-state index in [0.717, 1.165) is 13.2 Å². The number of nitrogens with zero attached hydrogens (tertiary/aromatic N) is 1. The Hall–Kier alpha value is -2.43. The molecular formula is C16H19F3N2O3. The molecule has 0 unspecified atom stereocenters. The van der Waals surface area contributed by atoms with Crippen LogP contribution >= 0.6 is 0 Å². The third-order valence-electron chi connectivity index (χ3n) is 2.50. The van der Waals surface area contributed by atoms with Crippen molar-refractivity contribution in [2.75, 3.05) is 13.7 Å². The highest BCUT2D eigenvalue weighted by molar-refractivity contribution is 5.67. The van der Waals surface area contributed by atoms with Crippen molar-refractivity contribution in [3.63, 3.8) is 0 Å². The quantitative estimate of drug-likeness (QED) is 0.675. The maximum atomic E-state index is 12.9. The zero-order valence-electron chi connectivity index (χ0n) is 13.9. The number of alkyl halides is 3. The van der Waals surface area contributed by atoms with Crippen LogP contribution in [0.3, 0.4) is 0 Å². The van der Waals surface area contributed by atoms with Gasteiger partial charge in [0.25, 0.3) is 0 Å². The van der Waals surface area contributed by atoms with E-state index in [1.54, 1.807) is 20.8 Å². The Balaban J connectivity index is 2.63. The normalized spacial score (nSPS) is 11.3. The minimum absolute atomic E-state index is 0.111. The van der Waals surface area contributed by atoms with Crippen LogP contribution in [0.25, 0.3) is 0 Å². The zero-order valence-corrected chi connectivity index (χ0v) is 13.9. The number of amides is 1. The van der Waals surface area contributed by atoms with E-state index in [1.807, 2.05) is 0 Å². The molecule has 1 aromatic rings. The number of hydrogen-bond acceptors (Lipinski definition) is 4. The van der Waals surface area contributed by atoms with Crippen molar-refractivity contribution in [1.29, 1.82) is 0 Å². The van der Waals surface area contributed by atoms with Crippen molar-refractivity contribution in [3.8, 4) is 17.7 Å². The van der Waals surface area contributed by atoms with E-state index in [4.69, 9.17) is 4.74 Å². The molecule has 0 saturated heterocycles. The number of carbonyl (C=O) groups excluding carboxylic acids is 1. The second kappa shape index (κ2) is 7.90. The van der Waals surface area contributed by atoms with Gasteiger partial charge < -0.3 is 14.8 Å². The first-order valence-corrected chi connectivity index (χ1v) is 7.10. The van der Waals surface area contributed by atoms with Crippen molar-refractivity contribution < 1.29 is 27.4 Å². The number of nitrogens with one attached hydrogen (secondary N) is 1. The fourth-order valence-corrected chi connectivity index (χ4v) is 1.59. The molecular weight excluding hydrogens is 325 g/mol. The largest absolute Gasteiger partial charge is 0.481 e. The van der Waals surface area contributed by atoms with Gasteiger partial charge in [0.15, 0.2) is 0 Å². The Morgan fingerprint density at radius 3 is 2.54 bits per heavy atom. The van der Waals surface area contributed by atoms with Gasteiger partial charge in [-0.05, 0) is 26.8 Å². The average molecular weight is 344 g/mol. The summed E-state index contributed by atoms with van der Waals surface area (Å²) in [5, 5.41) is 2.50. The molecule has 1 N–H and O–H groups in total. The number of ether oxygens (including phenoxy) is 2. The van der Waals surface area contributed by atoms with Gasteiger partial charge in [0, 0.05) is 24.7 Å². The molecule has 0 bridgehead atoms. The summed E-state index contributed by atoms with van der Waals surface area (Å²) in [6.07, 6.45) is -3.70. The van der Waals surface area contributed by atoms with Crippen molar-refractivity contribution in [1.82, 2.24) is 10.3 Å². The molecule has 1 heterocycles. The van der Waals surface area contributed by atoms with E-state index in [2.05, 4.69) is 26.9 Å². The van der Waals surface area contributed by atoms with Crippen LogP contribution in [0.1, 0.15) is 38.3 Å². The lowest BCUT2D eigenvalue weighted by Gasteiger charge is -2.19. The van der Waals surface area contributed by atoms with E-state index in [9.17, 15) is 18.0 Å². The minimum atomic E-state index is -4.58. The fourth-order valence-electron chi connectivity index (χ4n) is 1.59. The average Bonchev–Trinajstić information content (AvgIpc) is 2.44. The standard InChI is InChI=1S/C16H19F3N2O3/c1-15(2,3)24-14(22)20-8-6-5-7-11-9-12(16(17,18)19)13(23-4)21-10-11/h9-10H,6,8H2,1-4H3,(H,20,22). The number of halogens is 3. The molecule has 1 amide bonds. The van der Waals surface area contributed by atoms with Gasteiger partial charge >= 0.3 is 12.3 Å². The molecule has 1 aromatic heterocycles. The van der Waals surface area contributed by atoms with Gasteiger partial charge in [-0.1, -0.05) is 11.8 Å². The summed E-state index contributed by atoms with van der Waals surface area (Å²) in [5.41, 5.74) is -1.47. The Bertz CT molecular complexity index is 641. The van der Waals surface area contributed by atoms with Gasteiger partial charge in [0.05, 0.1) is 7.11 Å².